The Labute approximate surface area is 173 Å². The Kier molecular flexibility index (Phi) is 7.75. The van der Waals surface area contributed by atoms with E-state index in [4.69, 9.17) is 27.2 Å². The van der Waals surface area contributed by atoms with Gasteiger partial charge in [-0.25, -0.2) is 9.97 Å². The first kappa shape index (κ1) is 21.6. The van der Waals surface area contributed by atoms with Crippen molar-refractivity contribution in [2.75, 3.05) is 0 Å². The van der Waals surface area contributed by atoms with Crippen molar-refractivity contribution >= 4 is 30.0 Å². The molecular formula is C20H19Cl2N3O3. The SMILES string of the molecule is Cl.NC(CC(=O)O)Cc1cccc(-c2ccc(Oc3ncc(Cl)cn3)cc2)c1. The van der Waals surface area contributed by atoms with Crippen LogP contribution in [0.25, 0.3) is 11.1 Å². The molecule has 1 atom stereocenters. The summed E-state index contributed by atoms with van der Waals surface area (Å²) in [4.78, 5) is 18.8. The second kappa shape index (κ2) is 10.0. The third kappa shape index (κ3) is 6.20. The van der Waals surface area contributed by atoms with Crippen molar-refractivity contribution in [2.24, 2.45) is 5.73 Å². The summed E-state index contributed by atoms with van der Waals surface area (Å²) in [6.45, 7) is 0. The topological polar surface area (TPSA) is 98.3 Å². The second-order valence-corrected chi connectivity index (χ2v) is 6.51. The first-order chi connectivity index (χ1) is 13.0. The first-order valence-electron chi connectivity index (χ1n) is 8.32. The van der Waals surface area contributed by atoms with Gasteiger partial charge in [0.2, 0.25) is 0 Å². The van der Waals surface area contributed by atoms with Crippen molar-refractivity contribution in [2.45, 2.75) is 18.9 Å². The molecule has 3 N–H and O–H groups in total. The number of halogens is 2. The van der Waals surface area contributed by atoms with Gasteiger partial charge in [-0.3, -0.25) is 4.79 Å². The van der Waals surface area contributed by atoms with Gasteiger partial charge in [-0.15, -0.1) is 12.4 Å². The molecule has 2 aromatic carbocycles. The van der Waals surface area contributed by atoms with E-state index < -0.39 is 12.0 Å². The number of carboxylic acids is 1. The predicted octanol–water partition coefficient (Wildman–Crippen LogP) is 4.36. The summed E-state index contributed by atoms with van der Waals surface area (Å²) >= 11 is 5.75. The van der Waals surface area contributed by atoms with Crippen molar-refractivity contribution in [3.8, 4) is 22.9 Å². The third-order valence-electron chi connectivity index (χ3n) is 3.86. The van der Waals surface area contributed by atoms with Gasteiger partial charge in [0.05, 0.1) is 23.8 Å². The lowest BCUT2D eigenvalue weighted by molar-refractivity contribution is -0.137. The summed E-state index contributed by atoms with van der Waals surface area (Å²) in [5.74, 6) is -0.278. The predicted molar refractivity (Wildman–Crippen MR) is 110 cm³/mol. The molecule has 28 heavy (non-hydrogen) atoms. The van der Waals surface area contributed by atoms with Crippen LogP contribution in [-0.2, 0) is 11.2 Å². The highest BCUT2D eigenvalue weighted by atomic mass is 35.5. The van der Waals surface area contributed by atoms with E-state index in [1.807, 2.05) is 48.5 Å². The molecule has 0 fully saturated rings. The van der Waals surface area contributed by atoms with Crippen molar-refractivity contribution in [1.29, 1.82) is 0 Å². The standard InChI is InChI=1S/C20H18ClN3O3.ClH/c21-16-11-23-20(24-12-16)27-18-6-4-14(5-7-18)15-3-1-2-13(8-15)9-17(22)10-19(25)26;/h1-8,11-12,17H,9-10,22H2,(H,25,26);1H. The molecule has 3 aromatic rings. The number of aromatic nitrogens is 2. The van der Waals surface area contributed by atoms with Crippen LogP contribution in [0.2, 0.25) is 5.02 Å². The number of ether oxygens (including phenoxy) is 1. The Balaban J connectivity index is 0.00000280. The van der Waals surface area contributed by atoms with Gasteiger partial charge in [0.25, 0.3) is 0 Å². The van der Waals surface area contributed by atoms with Crippen LogP contribution in [0.4, 0.5) is 0 Å². The number of hydrogen-bond acceptors (Lipinski definition) is 5. The van der Waals surface area contributed by atoms with Gasteiger partial charge >= 0.3 is 12.0 Å². The minimum absolute atomic E-state index is 0. The summed E-state index contributed by atoms with van der Waals surface area (Å²) in [5, 5.41) is 9.28. The highest BCUT2D eigenvalue weighted by Crippen LogP contribution is 2.25. The molecule has 0 saturated carbocycles. The minimum Gasteiger partial charge on any atom is -0.481 e. The maximum absolute atomic E-state index is 10.8. The molecule has 0 bridgehead atoms. The molecule has 6 nitrogen and oxygen atoms in total. The molecule has 8 heteroatoms. The summed E-state index contributed by atoms with van der Waals surface area (Å²) in [5.41, 5.74) is 8.90. The molecule has 1 unspecified atom stereocenters. The van der Waals surface area contributed by atoms with Gasteiger partial charge in [-0.2, -0.15) is 0 Å². The Morgan fingerprint density at radius 1 is 1.11 bits per heavy atom. The van der Waals surface area contributed by atoms with Gasteiger partial charge in [-0.05, 0) is 35.2 Å². The fraction of sp³-hybridized carbons (Fsp3) is 0.150. The van der Waals surface area contributed by atoms with Gasteiger partial charge in [0.15, 0.2) is 0 Å². The van der Waals surface area contributed by atoms with E-state index in [-0.39, 0.29) is 24.8 Å². The van der Waals surface area contributed by atoms with Crippen LogP contribution >= 0.6 is 24.0 Å². The zero-order valence-corrected chi connectivity index (χ0v) is 16.4. The van der Waals surface area contributed by atoms with Crippen LogP contribution in [0, 0.1) is 0 Å². The molecule has 0 amide bonds. The van der Waals surface area contributed by atoms with E-state index >= 15 is 0 Å². The van der Waals surface area contributed by atoms with Crippen molar-refractivity contribution in [1.82, 2.24) is 9.97 Å². The maximum atomic E-state index is 10.8. The number of aliphatic carboxylic acids is 1. The van der Waals surface area contributed by atoms with Crippen molar-refractivity contribution in [3.63, 3.8) is 0 Å². The molecule has 1 aromatic heterocycles. The van der Waals surface area contributed by atoms with Gasteiger partial charge in [0.1, 0.15) is 5.75 Å². The van der Waals surface area contributed by atoms with Gasteiger partial charge in [0, 0.05) is 6.04 Å². The monoisotopic (exact) mass is 419 g/mol. The minimum atomic E-state index is -0.890. The number of hydrogen-bond donors (Lipinski definition) is 2. The van der Waals surface area contributed by atoms with Gasteiger partial charge in [-0.1, -0.05) is 48.0 Å². The average Bonchev–Trinajstić information content (AvgIpc) is 2.64. The molecule has 0 aliphatic heterocycles. The number of benzene rings is 2. The number of nitrogens with two attached hydrogens (primary N) is 1. The fourth-order valence-electron chi connectivity index (χ4n) is 2.65. The fourth-order valence-corrected chi connectivity index (χ4v) is 2.75. The summed E-state index contributed by atoms with van der Waals surface area (Å²) in [6, 6.07) is 15.2. The summed E-state index contributed by atoms with van der Waals surface area (Å²) in [6.07, 6.45) is 3.40. The molecule has 0 spiro atoms. The number of rotatable bonds is 7. The number of carbonyl (C=O) groups is 1. The Morgan fingerprint density at radius 2 is 1.79 bits per heavy atom. The Bertz CT molecular complexity index is 919. The van der Waals surface area contributed by atoms with E-state index in [1.165, 1.54) is 12.4 Å². The highest BCUT2D eigenvalue weighted by Gasteiger charge is 2.10. The van der Waals surface area contributed by atoms with E-state index in [0.29, 0.717) is 17.2 Å². The molecule has 0 radical (unpaired) electrons. The Hall–Kier alpha value is -2.67. The van der Waals surface area contributed by atoms with Gasteiger partial charge < -0.3 is 15.6 Å². The van der Waals surface area contributed by atoms with E-state index in [0.717, 1.165) is 16.7 Å². The number of nitrogens with zero attached hydrogens (tertiary/aromatic N) is 2. The summed E-state index contributed by atoms with van der Waals surface area (Å²) < 4.78 is 5.58. The van der Waals surface area contributed by atoms with Crippen LogP contribution in [0.15, 0.2) is 60.9 Å². The smallest absolute Gasteiger partial charge is 0.321 e. The number of carboxylic acid groups (broad SMARTS) is 1. The molecule has 3 rings (SSSR count). The molecule has 1 heterocycles. The molecule has 146 valence electrons. The largest absolute Gasteiger partial charge is 0.481 e. The zero-order valence-electron chi connectivity index (χ0n) is 14.8. The first-order valence-corrected chi connectivity index (χ1v) is 8.69. The molecule has 0 aliphatic rings. The second-order valence-electron chi connectivity index (χ2n) is 6.07. The van der Waals surface area contributed by atoms with E-state index in [1.54, 1.807) is 0 Å². The molecule has 0 saturated heterocycles. The normalized spacial score (nSPS) is 11.4. The average molecular weight is 420 g/mol. The van der Waals surface area contributed by atoms with Crippen LogP contribution in [-0.4, -0.2) is 27.1 Å². The molecule has 0 aliphatic carbocycles. The lowest BCUT2D eigenvalue weighted by Gasteiger charge is -2.11. The lowest BCUT2D eigenvalue weighted by Crippen LogP contribution is -2.26. The van der Waals surface area contributed by atoms with E-state index in [2.05, 4.69) is 9.97 Å². The highest BCUT2D eigenvalue weighted by molar-refractivity contribution is 6.30. The Morgan fingerprint density at radius 3 is 2.43 bits per heavy atom. The summed E-state index contributed by atoms with van der Waals surface area (Å²) in [7, 11) is 0. The van der Waals surface area contributed by atoms with Crippen molar-refractivity contribution in [3.05, 3.63) is 71.5 Å². The maximum Gasteiger partial charge on any atom is 0.321 e. The lowest BCUT2D eigenvalue weighted by atomic mass is 9.98. The van der Waals surface area contributed by atoms with Crippen LogP contribution in [0.5, 0.6) is 11.8 Å². The zero-order chi connectivity index (χ0) is 19.2. The van der Waals surface area contributed by atoms with Crippen LogP contribution < -0.4 is 10.5 Å². The van der Waals surface area contributed by atoms with Crippen LogP contribution in [0.3, 0.4) is 0 Å². The molecular weight excluding hydrogens is 401 g/mol. The third-order valence-corrected chi connectivity index (χ3v) is 4.05. The van der Waals surface area contributed by atoms with E-state index in [9.17, 15) is 4.79 Å². The van der Waals surface area contributed by atoms with Crippen molar-refractivity contribution < 1.29 is 14.6 Å². The quantitative estimate of drug-likeness (QED) is 0.590. The van der Waals surface area contributed by atoms with Crippen LogP contribution in [0.1, 0.15) is 12.0 Å².